The molecule has 3 rings (SSSR count). The fraction of sp³-hybridized carbons (Fsp3) is 0.188. The second kappa shape index (κ2) is 5.48. The average Bonchev–Trinajstić information content (AvgIpc) is 2.54. The van der Waals surface area contributed by atoms with Crippen LogP contribution >= 0.6 is 0 Å². The molecule has 6 heteroatoms. The Labute approximate surface area is 126 Å². The molecule has 6 nitrogen and oxygen atoms in total. The summed E-state index contributed by atoms with van der Waals surface area (Å²) in [5, 5.41) is 10.8. The normalized spacial score (nSPS) is 16.6. The van der Waals surface area contributed by atoms with Gasteiger partial charge in [0.2, 0.25) is 0 Å². The summed E-state index contributed by atoms with van der Waals surface area (Å²) < 4.78 is 10.9. The molecule has 2 aromatic rings. The first kappa shape index (κ1) is 14.1. The van der Waals surface area contributed by atoms with Gasteiger partial charge >= 0.3 is 0 Å². The van der Waals surface area contributed by atoms with Crippen molar-refractivity contribution in [3.63, 3.8) is 0 Å². The highest BCUT2D eigenvalue weighted by Crippen LogP contribution is 2.36. The molecule has 0 N–H and O–H groups in total. The first-order valence-corrected chi connectivity index (χ1v) is 6.70. The van der Waals surface area contributed by atoms with Gasteiger partial charge in [0.05, 0.1) is 24.0 Å². The standard InChI is InChI=1S/C16H13NO5/c1-21-12-5-2-10(3-6-12)16-9-14(18)13-8-11(17(19)20)4-7-15(13)22-16/h2-8,16H,9H2,1H3/t16-/m1/s1. The van der Waals surface area contributed by atoms with E-state index in [9.17, 15) is 14.9 Å². The van der Waals surface area contributed by atoms with E-state index in [0.29, 0.717) is 5.75 Å². The minimum absolute atomic E-state index is 0.112. The van der Waals surface area contributed by atoms with Gasteiger partial charge in [0.25, 0.3) is 5.69 Å². The minimum Gasteiger partial charge on any atom is -0.497 e. The van der Waals surface area contributed by atoms with Crippen LogP contribution in [0.3, 0.4) is 0 Å². The fourth-order valence-corrected chi connectivity index (χ4v) is 2.43. The summed E-state index contributed by atoms with van der Waals surface area (Å²) in [5.41, 5.74) is 1.01. The molecule has 1 aliphatic heterocycles. The van der Waals surface area contributed by atoms with Crippen molar-refractivity contribution in [3.8, 4) is 11.5 Å². The second-order valence-electron chi connectivity index (χ2n) is 4.94. The number of non-ortho nitro benzene ring substituents is 1. The van der Waals surface area contributed by atoms with Crippen molar-refractivity contribution >= 4 is 11.5 Å². The zero-order chi connectivity index (χ0) is 15.7. The van der Waals surface area contributed by atoms with E-state index in [1.165, 1.54) is 18.2 Å². The summed E-state index contributed by atoms with van der Waals surface area (Å²) in [5.74, 6) is 0.940. The van der Waals surface area contributed by atoms with E-state index in [-0.39, 0.29) is 23.5 Å². The molecule has 0 aliphatic carbocycles. The molecule has 22 heavy (non-hydrogen) atoms. The number of nitro benzene ring substituents is 1. The Morgan fingerprint density at radius 1 is 1.23 bits per heavy atom. The van der Waals surface area contributed by atoms with Crippen LogP contribution in [-0.2, 0) is 0 Å². The van der Waals surface area contributed by atoms with Gasteiger partial charge in [-0.05, 0) is 23.8 Å². The molecule has 1 heterocycles. The van der Waals surface area contributed by atoms with Crippen molar-refractivity contribution in [1.82, 2.24) is 0 Å². The van der Waals surface area contributed by atoms with Crippen molar-refractivity contribution in [2.45, 2.75) is 12.5 Å². The number of hydrogen-bond acceptors (Lipinski definition) is 5. The Hall–Kier alpha value is -2.89. The Kier molecular flexibility index (Phi) is 3.50. The van der Waals surface area contributed by atoms with Crippen LogP contribution in [0.5, 0.6) is 11.5 Å². The molecule has 0 aromatic heterocycles. The number of nitro groups is 1. The molecule has 1 atom stereocenters. The van der Waals surface area contributed by atoms with E-state index < -0.39 is 11.0 Å². The molecule has 0 fully saturated rings. The smallest absolute Gasteiger partial charge is 0.270 e. The van der Waals surface area contributed by atoms with Crippen molar-refractivity contribution in [3.05, 3.63) is 63.7 Å². The lowest BCUT2D eigenvalue weighted by Gasteiger charge is -2.25. The van der Waals surface area contributed by atoms with Crippen LogP contribution in [0.4, 0.5) is 5.69 Å². The summed E-state index contributed by atoms with van der Waals surface area (Å²) >= 11 is 0. The third kappa shape index (κ3) is 2.50. The van der Waals surface area contributed by atoms with Crippen LogP contribution in [0.2, 0.25) is 0 Å². The molecular formula is C16H13NO5. The van der Waals surface area contributed by atoms with Gasteiger partial charge in [-0.3, -0.25) is 14.9 Å². The van der Waals surface area contributed by atoms with Gasteiger partial charge in [-0.1, -0.05) is 12.1 Å². The number of Topliss-reactive ketones (excluding diaryl/α,β-unsaturated/α-hetero) is 1. The van der Waals surface area contributed by atoms with Gasteiger partial charge < -0.3 is 9.47 Å². The number of nitrogens with zero attached hydrogens (tertiary/aromatic N) is 1. The van der Waals surface area contributed by atoms with Gasteiger partial charge in [0, 0.05) is 12.1 Å². The monoisotopic (exact) mass is 299 g/mol. The van der Waals surface area contributed by atoms with Crippen LogP contribution in [0.25, 0.3) is 0 Å². The number of ketones is 1. The first-order valence-electron chi connectivity index (χ1n) is 6.70. The van der Waals surface area contributed by atoms with Gasteiger partial charge in [-0.2, -0.15) is 0 Å². The second-order valence-corrected chi connectivity index (χ2v) is 4.94. The molecule has 1 aliphatic rings. The highest BCUT2D eigenvalue weighted by Gasteiger charge is 2.29. The summed E-state index contributed by atoms with van der Waals surface area (Å²) in [7, 11) is 1.58. The van der Waals surface area contributed by atoms with E-state index in [2.05, 4.69) is 0 Å². The molecule has 0 unspecified atom stereocenters. The minimum atomic E-state index is -0.525. The van der Waals surface area contributed by atoms with Gasteiger partial charge in [-0.25, -0.2) is 0 Å². The molecule has 2 aromatic carbocycles. The van der Waals surface area contributed by atoms with Crippen LogP contribution in [0, 0.1) is 10.1 Å². The van der Waals surface area contributed by atoms with Crippen LogP contribution in [0.1, 0.15) is 28.4 Å². The number of fused-ring (bicyclic) bond motifs is 1. The Balaban J connectivity index is 1.90. The van der Waals surface area contributed by atoms with Crippen molar-refractivity contribution in [1.29, 1.82) is 0 Å². The molecule has 0 amide bonds. The molecular weight excluding hydrogens is 286 g/mol. The number of benzene rings is 2. The zero-order valence-electron chi connectivity index (χ0n) is 11.8. The topological polar surface area (TPSA) is 78.7 Å². The van der Waals surface area contributed by atoms with Gasteiger partial charge in [0.15, 0.2) is 5.78 Å². The van der Waals surface area contributed by atoms with E-state index in [1.54, 1.807) is 19.2 Å². The molecule has 0 spiro atoms. The maximum Gasteiger partial charge on any atom is 0.270 e. The third-order valence-electron chi connectivity index (χ3n) is 3.60. The van der Waals surface area contributed by atoms with E-state index >= 15 is 0 Å². The molecule has 0 saturated carbocycles. The van der Waals surface area contributed by atoms with E-state index in [4.69, 9.17) is 9.47 Å². The number of rotatable bonds is 3. The predicted octanol–water partition coefficient (Wildman–Crippen LogP) is 3.31. The lowest BCUT2D eigenvalue weighted by Crippen LogP contribution is -2.20. The number of carbonyl (C=O) groups is 1. The summed E-state index contributed by atoms with van der Waals surface area (Å²) in [4.78, 5) is 22.5. The number of carbonyl (C=O) groups excluding carboxylic acids is 1. The van der Waals surface area contributed by atoms with Crippen molar-refractivity contribution < 1.29 is 19.2 Å². The van der Waals surface area contributed by atoms with Gasteiger partial charge in [0.1, 0.15) is 17.6 Å². The lowest BCUT2D eigenvalue weighted by molar-refractivity contribution is -0.384. The fourth-order valence-electron chi connectivity index (χ4n) is 2.43. The van der Waals surface area contributed by atoms with Crippen LogP contribution < -0.4 is 9.47 Å². The third-order valence-corrected chi connectivity index (χ3v) is 3.60. The Morgan fingerprint density at radius 2 is 1.95 bits per heavy atom. The summed E-state index contributed by atoms with van der Waals surface area (Å²) in [6, 6.07) is 11.4. The number of ether oxygens (including phenoxy) is 2. The summed E-state index contributed by atoms with van der Waals surface area (Å²) in [6.07, 6.45) is -0.243. The summed E-state index contributed by atoms with van der Waals surface area (Å²) in [6.45, 7) is 0. The van der Waals surface area contributed by atoms with Crippen molar-refractivity contribution in [2.24, 2.45) is 0 Å². The zero-order valence-corrected chi connectivity index (χ0v) is 11.8. The molecule has 112 valence electrons. The quantitative estimate of drug-likeness (QED) is 0.641. The Bertz CT molecular complexity index is 739. The molecule has 0 radical (unpaired) electrons. The van der Waals surface area contributed by atoms with Crippen LogP contribution in [0.15, 0.2) is 42.5 Å². The van der Waals surface area contributed by atoms with Gasteiger partial charge in [-0.15, -0.1) is 0 Å². The average molecular weight is 299 g/mol. The SMILES string of the molecule is COc1ccc([C@H]2CC(=O)c3cc([N+](=O)[O-])ccc3O2)cc1. The maximum atomic E-state index is 12.2. The largest absolute Gasteiger partial charge is 0.497 e. The van der Waals surface area contributed by atoms with Crippen LogP contribution in [-0.4, -0.2) is 17.8 Å². The first-order chi connectivity index (χ1) is 10.6. The van der Waals surface area contributed by atoms with E-state index in [0.717, 1.165) is 11.3 Å². The number of methoxy groups -OCH3 is 1. The van der Waals surface area contributed by atoms with E-state index in [1.807, 2.05) is 12.1 Å². The maximum absolute atomic E-state index is 12.2. The molecule has 0 bridgehead atoms. The van der Waals surface area contributed by atoms with Crippen molar-refractivity contribution in [2.75, 3.05) is 7.11 Å². The predicted molar refractivity (Wildman–Crippen MR) is 78.4 cm³/mol. The number of hydrogen-bond donors (Lipinski definition) is 0. The highest BCUT2D eigenvalue weighted by atomic mass is 16.6. The molecule has 0 saturated heterocycles. The Morgan fingerprint density at radius 3 is 2.59 bits per heavy atom. The lowest BCUT2D eigenvalue weighted by atomic mass is 9.96. The highest BCUT2D eigenvalue weighted by molar-refractivity contribution is 6.00.